The van der Waals surface area contributed by atoms with E-state index in [9.17, 15) is 31.1 Å². The quantitative estimate of drug-likeness (QED) is 0.238. The third kappa shape index (κ3) is 8.71. The zero-order chi connectivity index (χ0) is 26.6. The van der Waals surface area contributed by atoms with Gasteiger partial charge in [-0.1, -0.05) is 25.7 Å². The highest BCUT2D eigenvalue weighted by molar-refractivity contribution is 6.76. The van der Waals surface area contributed by atoms with Crippen molar-refractivity contribution in [3.8, 4) is 17.0 Å². The van der Waals surface area contributed by atoms with Gasteiger partial charge < -0.3 is 14.8 Å². The molecule has 6 nitrogen and oxygen atoms in total. The molecule has 35 heavy (non-hydrogen) atoms. The zero-order valence-corrected chi connectivity index (χ0v) is 20.9. The third-order valence-electron chi connectivity index (χ3n) is 4.72. The van der Waals surface area contributed by atoms with Crippen molar-refractivity contribution in [1.29, 1.82) is 0 Å². The smallest absolute Gasteiger partial charge is 0.417 e. The van der Waals surface area contributed by atoms with Gasteiger partial charge in [0.25, 0.3) is 0 Å². The molecule has 0 bridgehead atoms. The standard InChI is InChI=1S/C22H27F6N3O3Si/c1-13(34-14(2)32)12-29-20-19(33-8-9-35(3,4)5)11-18(30-31-20)16-7-6-15(21(23,24)25)10-17(16)22(26,27)28/h6-7,10-11,13H,8-9,12H2,1-5H3,(H,29,31)/t13-/m1/s1. The van der Waals surface area contributed by atoms with Crippen molar-refractivity contribution in [3.05, 3.63) is 35.4 Å². The van der Waals surface area contributed by atoms with Crippen molar-refractivity contribution in [2.45, 2.75) is 58.0 Å². The number of carbonyl (C=O) groups excluding carboxylic acids is 1. The molecule has 1 N–H and O–H groups in total. The SMILES string of the molecule is CC(=O)O[C@H](C)CNc1nnc(-c2ccc(C(F)(F)F)cc2C(F)(F)F)cc1OCC[Si](C)(C)C. The molecule has 0 fully saturated rings. The van der Waals surface area contributed by atoms with Gasteiger partial charge in [0.2, 0.25) is 0 Å². The van der Waals surface area contributed by atoms with Crippen LogP contribution in [0.1, 0.15) is 25.0 Å². The van der Waals surface area contributed by atoms with E-state index in [2.05, 4.69) is 35.2 Å². The van der Waals surface area contributed by atoms with Crippen LogP contribution in [0.5, 0.6) is 5.75 Å². The van der Waals surface area contributed by atoms with Gasteiger partial charge in [0.15, 0.2) is 11.6 Å². The largest absolute Gasteiger partial charge is 0.490 e. The number of rotatable bonds is 9. The van der Waals surface area contributed by atoms with Crippen molar-refractivity contribution in [3.63, 3.8) is 0 Å². The fourth-order valence-corrected chi connectivity index (χ4v) is 3.66. The molecule has 0 aliphatic carbocycles. The lowest BCUT2D eigenvalue weighted by Gasteiger charge is -2.19. The molecule has 0 spiro atoms. The Morgan fingerprint density at radius 2 is 1.71 bits per heavy atom. The van der Waals surface area contributed by atoms with Crippen molar-refractivity contribution in [2.75, 3.05) is 18.5 Å². The van der Waals surface area contributed by atoms with E-state index in [0.29, 0.717) is 6.07 Å². The number of anilines is 1. The van der Waals surface area contributed by atoms with E-state index in [1.54, 1.807) is 6.92 Å². The number of nitrogens with one attached hydrogen (secondary N) is 1. The normalized spacial score (nSPS) is 13.3. The van der Waals surface area contributed by atoms with Crippen LogP contribution < -0.4 is 10.1 Å². The maximum Gasteiger partial charge on any atom is 0.417 e. The Kier molecular flexibility index (Phi) is 8.79. The van der Waals surface area contributed by atoms with E-state index >= 15 is 0 Å². The Hall–Kier alpha value is -2.83. The Balaban J connectivity index is 2.47. The van der Waals surface area contributed by atoms with E-state index in [1.807, 2.05) is 0 Å². The predicted molar refractivity (Wildman–Crippen MR) is 121 cm³/mol. The fraction of sp³-hybridized carbons (Fsp3) is 0.500. The van der Waals surface area contributed by atoms with Crippen molar-refractivity contribution < 1.29 is 40.6 Å². The maximum absolute atomic E-state index is 13.6. The molecule has 0 radical (unpaired) electrons. The van der Waals surface area contributed by atoms with Gasteiger partial charge >= 0.3 is 18.3 Å². The summed E-state index contributed by atoms with van der Waals surface area (Å²) in [5.74, 6) is -0.311. The highest BCUT2D eigenvalue weighted by Crippen LogP contribution is 2.41. The minimum Gasteiger partial charge on any atom is -0.490 e. The van der Waals surface area contributed by atoms with Gasteiger partial charge in [0, 0.05) is 26.6 Å². The number of halogens is 6. The highest BCUT2D eigenvalue weighted by atomic mass is 28.3. The van der Waals surface area contributed by atoms with E-state index in [4.69, 9.17) is 9.47 Å². The zero-order valence-electron chi connectivity index (χ0n) is 19.9. The first-order valence-electron chi connectivity index (χ1n) is 10.7. The lowest BCUT2D eigenvalue weighted by molar-refractivity contribution is -0.145. The summed E-state index contributed by atoms with van der Waals surface area (Å²) in [6, 6.07) is 3.27. The molecule has 0 amide bonds. The van der Waals surface area contributed by atoms with Crippen LogP contribution in [0.25, 0.3) is 11.3 Å². The Morgan fingerprint density at radius 1 is 1.06 bits per heavy atom. The van der Waals surface area contributed by atoms with Gasteiger partial charge in [-0.05, 0) is 25.1 Å². The first-order valence-corrected chi connectivity index (χ1v) is 14.4. The van der Waals surface area contributed by atoms with Crippen LogP contribution in [-0.4, -0.2) is 43.5 Å². The minimum absolute atomic E-state index is 0.0513. The first-order chi connectivity index (χ1) is 16.0. The number of ether oxygens (including phenoxy) is 2. The highest BCUT2D eigenvalue weighted by Gasteiger charge is 2.38. The van der Waals surface area contributed by atoms with Crippen LogP contribution >= 0.6 is 0 Å². The molecule has 1 aromatic carbocycles. The number of hydrogen-bond acceptors (Lipinski definition) is 6. The number of hydrogen-bond donors (Lipinski definition) is 1. The summed E-state index contributed by atoms with van der Waals surface area (Å²) in [7, 11) is -1.51. The third-order valence-corrected chi connectivity index (χ3v) is 6.43. The van der Waals surface area contributed by atoms with Gasteiger partial charge in [0.1, 0.15) is 6.10 Å². The minimum atomic E-state index is -5.06. The van der Waals surface area contributed by atoms with E-state index in [1.165, 1.54) is 13.0 Å². The topological polar surface area (TPSA) is 73.3 Å². The summed E-state index contributed by atoms with van der Waals surface area (Å²) >= 11 is 0. The molecule has 2 aromatic rings. The predicted octanol–water partition coefficient (Wildman–Crippen LogP) is 6.26. The fourth-order valence-electron chi connectivity index (χ4n) is 2.95. The Labute approximate surface area is 200 Å². The first kappa shape index (κ1) is 28.4. The number of aromatic nitrogens is 2. The molecule has 1 atom stereocenters. The summed E-state index contributed by atoms with van der Waals surface area (Å²) in [4.78, 5) is 11.1. The average molecular weight is 524 g/mol. The van der Waals surface area contributed by atoms with Crippen molar-refractivity contribution >= 4 is 19.9 Å². The van der Waals surface area contributed by atoms with Crippen molar-refractivity contribution in [1.82, 2.24) is 10.2 Å². The molecular formula is C22H27F6N3O3Si. The van der Waals surface area contributed by atoms with E-state index in [-0.39, 0.29) is 36.5 Å². The summed E-state index contributed by atoms with van der Waals surface area (Å²) in [6.07, 6.45) is -10.6. The van der Waals surface area contributed by atoms with Crippen LogP contribution in [-0.2, 0) is 21.9 Å². The lowest BCUT2D eigenvalue weighted by atomic mass is 10.00. The molecule has 194 valence electrons. The molecule has 0 unspecified atom stereocenters. The number of esters is 1. The van der Waals surface area contributed by atoms with Gasteiger partial charge in [0.05, 0.1) is 30.0 Å². The van der Waals surface area contributed by atoms with Crippen LogP contribution in [0.3, 0.4) is 0 Å². The average Bonchev–Trinajstić information content (AvgIpc) is 2.69. The van der Waals surface area contributed by atoms with Crippen LogP contribution in [0, 0.1) is 0 Å². The lowest BCUT2D eigenvalue weighted by Crippen LogP contribution is -2.24. The number of carbonyl (C=O) groups is 1. The van der Waals surface area contributed by atoms with E-state index in [0.717, 1.165) is 12.1 Å². The summed E-state index contributed by atoms with van der Waals surface area (Å²) < 4.78 is 90.8. The van der Waals surface area contributed by atoms with Gasteiger partial charge in [-0.3, -0.25) is 4.79 Å². The molecular weight excluding hydrogens is 496 g/mol. The summed E-state index contributed by atoms with van der Waals surface area (Å²) in [5.41, 5.74) is -3.77. The molecule has 0 saturated heterocycles. The monoisotopic (exact) mass is 523 g/mol. The second-order valence-corrected chi connectivity index (χ2v) is 14.8. The van der Waals surface area contributed by atoms with Crippen LogP contribution in [0.4, 0.5) is 32.2 Å². The molecule has 0 aliphatic heterocycles. The number of nitrogens with zero attached hydrogens (tertiary/aromatic N) is 2. The molecule has 0 aliphatic rings. The Bertz CT molecular complexity index is 1040. The molecule has 13 heteroatoms. The van der Waals surface area contributed by atoms with Crippen LogP contribution in [0.15, 0.2) is 24.3 Å². The second-order valence-electron chi connectivity index (χ2n) is 9.16. The molecule has 1 aromatic heterocycles. The van der Waals surface area contributed by atoms with Crippen LogP contribution in [0.2, 0.25) is 25.7 Å². The van der Waals surface area contributed by atoms with Gasteiger partial charge in [-0.15, -0.1) is 10.2 Å². The van der Waals surface area contributed by atoms with Gasteiger partial charge in [-0.2, -0.15) is 26.3 Å². The second kappa shape index (κ2) is 10.8. The molecule has 2 rings (SSSR count). The summed E-state index contributed by atoms with van der Waals surface area (Å²) in [6.45, 7) is 9.59. The number of alkyl halides is 6. The summed E-state index contributed by atoms with van der Waals surface area (Å²) in [5, 5.41) is 10.6. The van der Waals surface area contributed by atoms with Gasteiger partial charge in [-0.25, -0.2) is 0 Å². The van der Waals surface area contributed by atoms with E-state index < -0.39 is 49.2 Å². The Morgan fingerprint density at radius 3 is 2.26 bits per heavy atom. The number of benzene rings is 1. The maximum atomic E-state index is 13.6. The van der Waals surface area contributed by atoms with Crippen molar-refractivity contribution in [2.24, 2.45) is 0 Å². The molecule has 0 saturated carbocycles. The molecule has 1 heterocycles.